The molecule has 15 heavy (non-hydrogen) atoms. The molecule has 0 spiro atoms. The number of nitrogens with two attached hydrogens (primary N) is 1. The van der Waals surface area contributed by atoms with Crippen LogP contribution in [0.15, 0.2) is 0 Å². The Hall–Kier alpha value is -0.0800. The van der Waals surface area contributed by atoms with E-state index in [9.17, 15) is 5.11 Å². The summed E-state index contributed by atoms with van der Waals surface area (Å²) in [5, 5.41) is 10.3. The molecule has 0 aromatic heterocycles. The lowest BCUT2D eigenvalue weighted by molar-refractivity contribution is 0.0670. The van der Waals surface area contributed by atoms with Crippen LogP contribution in [0.1, 0.15) is 39.5 Å². The highest BCUT2D eigenvalue weighted by Gasteiger charge is 2.56. The van der Waals surface area contributed by atoms with Crippen molar-refractivity contribution in [1.82, 2.24) is 0 Å². The van der Waals surface area contributed by atoms with E-state index in [1.54, 1.807) is 0 Å². The number of aliphatic hydroxyl groups excluding tert-OH is 1. The van der Waals surface area contributed by atoms with E-state index < -0.39 is 0 Å². The van der Waals surface area contributed by atoms with Crippen LogP contribution in [0.25, 0.3) is 0 Å². The maximum atomic E-state index is 10.3. The van der Waals surface area contributed by atoms with Crippen LogP contribution >= 0.6 is 0 Å². The molecule has 2 nitrogen and oxygen atoms in total. The maximum Gasteiger partial charge on any atom is 0.0614 e. The molecule has 0 amide bonds. The normalized spacial score (nSPS) is 37.8. The van der Waals surface area contributed by atoms with E-state index in [4.69, 9.17) is 5.73 Å². The van der Waals surface area contributed by atoms with E-state index in [1.807, 2.05) is 0 Å². The number of hydrogen-bond acceptors (Lipinski definition) is 2. The molecule has 2 saturated carbocycles. The van der Waals surface area contributed by atoms with Crippen LogP contribution in [-0.2, 0) is 0 Å². The summed E-state index contributed by atoms with van der Waals surface area (Å²) in [7, 11) is 0. The lowest BCUT2D eigenvalue weighted by atomic mass is 9.88. The molecule has 2 fully saturated rings. The molecule has 2 aliphatic rings. The zero-order valence-corrected chi connectivity index (χ0v) is 10.0. The van der Waals surface area contributed by atoms with E-state index >= 15 is 0 Å². The third kappa shape index (κ3) is 2.21. The largest absolute Gasteiger partial charge is 0.392 e. The number of aliphatic hydroxyl groups is 1. The quantitative estimate of drug-likeness (QED) is 0.731. The molecule has 3 N–H and O–H groups in total. The predicted molar refractivity (Wildman–Crippen MR) is 62.3 cm³/mol. The number of fused-ring (bicyclic) bond motifs is 1. The second kappa shape index (κ2) is 4.42. The van der Waals surface area contributed by atoms with Gasteiger partial charge in [0.2, 0.25) is 0 Å². The van der Waals surface area contributed by atoms with Gasteiger partial charge in [-0.05, 0) is 55.4 Å². The lowest BCUT2D eigenvalue weighted by Crippen LogP contribution is -2.32. The van der Waals surface area contributed by atoms with Crippen LogP contribution in [0.2, 0.25) is 0 Å². The zero-order valence-electron chi connectivity index (χ0n) is 10.0. The third-order valence-corrected chi connectivity index (χ3v) is 4.43. The van der Waals surface area contributed by atoms with E-state index in [0.29, 0.717) is 24.3 Å². The van der Waals surface area contributed by atoms with Gasteiger partial charge in [0.1, 0.15) is 0 Å². The summed E-state index contributed by atoms with van der Waals surface area (Å²) in [5.41, 5.74) is 5.78. The van der Waals surface area contributed by atoms with Gasteiger partial charge in [-0.1, -0.05) is 20.3 Å². The number of hydrogen-bond donors (Lipinski definition) is 2. The van der Waals surface area contributed by atoms with Crippen molar-refractivity contribution < 1.29 is 5.11 Å². The molecule has 2 heteroatoms. The molecular formula is C13H25NO. The predicted octanol–water partition coefficient (Wildman–Crippen LogP) is 2.01. The molecule has 0 bridgehead atoms. The molecule has 0 aromatic rings. The monoisotopic (exact) mass is 211 g/mol. The summed E-state index contributed by atoms with van der Waals surface area (Å²) in [5.74, 6) is 3.28. The Morgan fingerprint density at radius 2 is 1.87 bits per heavy atom. The van der Waals surface area contributed by atoms with Crippen LogP contribution in [-0.4, -0.2) is 17.8 Å². The Labute approximate surface area is 93.2 Å². The van der Waals surface area contributed by atoms with Crippen molar-refractivity contribution in [1.29, 1.82) is 0 Å². The standard InChI is InChI=1S/C13H25NO/c1-8(2)6-9(7-14)13(15)12-10-4-3-5-11(10)12/h8-13,15H,3-7,14H2,1-2H3. The van der Waals surface area contributed by atoms with E-state index in [1.165, 1.54) is 19.3 Å². The van der Waals surface area contributed by atoms with Gasteiger partial charge < -0.3 is 10.8 Å². The Kier molecular flexibility index (Phi) is 3.36. The molecule has 4 unspecified atom stereocenters. The van der Waals surface area contributed by atoms with Crippen molar-refractivity contribution in [3.8, 4) is 0 Å². The van der Waals surface area contributed by atoms with Crippen LogP contribution in [0, 0.1) is 29.6 Å². The molecule has 4 atom stereocenters. The molecule has 0 radical (unpaired) electrons. The minimum Gasteiger partial charge on any atom is -0.392 e. The molecule has 2 aliphatic carbocycles. The van der Waals surface area contributed by atoms with E-state index in [-0.39, 0.29) is 6.10 Å². The average Bonchev–Trinajstić information content (AvgIpc) is 2.67. The third-order valence-electron chi connectivity index (χ3n) is 4.43. The van der Waals surface area contributed by atoms with Crippen molar-refractivity contribution in [2.45, 2.75) is 45.6 Å². The smallest absolute Gasteiger partial charge is 0.0614 e. The lowest BCUT2D eigenvalue weighted by Gasteiger charge is -2.24. The van der Waals surface area contributed by atoms with Gasteiger partial charge in [0.25, 0.3) is 0 Å². The first kappa shape index (κ1) is 11.4. The number of rotatable bonds is 5. The van der Waals surface area contributed by atoms with Crippen LogP contribution < -0.4 is 5.73 Å². The summed E-state index contributed by atoms with van der Waals surface area (Å²) in [4.78, 5) is 0. The Morgan fingerprint density at radius 1 is 1.27 bits per heavy atom. The van der Waals surface area contributed by atoms with Crippen molar-refractivity contribution >= 4 is 0 Å². The van der Waals surface area contributed by atoms with Crippen molar-refractivity contribution in [3.05, 3.63) is 0 Å². The molecular weight excluding hydrogens is 186 g/mol. The van der Waals surface area contributed by atoms with Crippen LogP contribution in [0.5, 0.6) is 0 Å². The highest BCUT2D eigenvalue weighted by molar-refractivity contribution is 5.05. The Bertz CT molecular complexity index is 207. The summed E-state index contributed by atoms with van der Waals surface area (Å²) in [6.07, 6.45) is 5.05. The average molecular weight is 211 g/mol. The van der Waals surface area contributed by atoms with Gasteiger partial charge in [-0.15, -0.1) is 0 Å². The molecule has 0 saturated heterocycles. The van der Waals surface area contributed by atoms with Crippen LogP contribution in [0.3, 0.4) is 0 Å². The van der Waals surface area contributed by atoms with E-state index in [0.717, 1.165) is 18.3 Å². The van der Waals surface area contributed by atoms with Gasteiger partial charge in [-0.25, -0.2) is 0 Å². The summed E-state index contributed by atoms with van der Waals surface area (Å²) < 4.78 is 0. The minimum atomic E-state index is -0.118. The fourth-order valence-electron chi connectivity index (χ4n) is 3.68. The van der Waals surface area contributed by atoms with Gasteiger partial charge in [0, 0.05) is 0 Å². The highest BCUT2D eigenvalue weighted by Crippen LogP contribution is 2.60. The van der Waals surface area contributed by atoms with Gasteiger partial charge in [-0.2, -0.15) is 0 Å². The van der Waals surface area contributed by atoms with Crippen molar-refractivity contribution in [2.75, 3.05) is 6.54 Å². The summed E-state index contributed by atoms with van der Waals surface area (Å²) >= 11 is 0. The van der Waals surface area contributed by atoms with Gasteiger partial charge in [0.05, 0.1) is 6.10 Å². The Morgan fingerprint density at radius 3 is 2.33 bits per heavy atom. The first-order valence-electron chi connectivity index (χ1n) is 6.53. The highest BCUT2D eigenvalue weighted by atomic mass is 16.3. The zero-order chi connectivity index (χ0) is 11.0. The first-order chi connectivity index (χ1) is 7.15. The van der Waals surface area contributed by atoms with Gasteiger partial charge >= 0.3 is 0 Å². The molecule has 0 aromatic carbocycles. The Balaban J connectivity index is 1.86. The van der Waals surface area contributed by atoms with E-state index in [2.05, 4.69) is 13.8 Å². The fraction of sp³-hybridized carbons (Fsp3) is 1.00. The van der Waals surface area contributed by atoms with Crippen molar-refractivity contribution in [2.24, 2.45) is 35.3 Å². The molecule has 88 valence electrons. The van der Waals surface area contributed by atoms with Crippen molar-refractivity contribution in [3.63, 3.8) is 0 Å². The van der Waals surface area contributed by atoms with Crippen LogP contribution in [0.4, 0.5) is 0 Å². The SMILES string of the molecule is CC(C)CC(CN)C(O)C1C2CCCC21. The molecule has 0 heterocycles. The van der Waals surface area contributed by atoms with Gasteiger partial charge in [-0.3, -0.25) is 0 Å². The fourth-order valence-corrected chi connectivity index (χ4v) is 3.68. The maximum absolute atomic E-state index is 10.3. The molecule has 0 aliphatic heterocycles. The first-order valence-corrected chi connectivity index (χ1v) is 6.53. The van der Waals surface area contributed by atoms with Gasteiger partial charge in [0.15, 0.2) is 0 Å². The summed E-state index contributed by atoms with van der Waals surface area (Å²) in [6.45, 7) is 5.07. The minimum absolute atomic E-state index is 0.118. The topological polar surface area (TPSA) is 46.2 Å². The molecule has 2 rings (SSSR count). The summed E-state index contributed by atoms with van der Waals surface area (Å²) in [6, 6.07) is 0. The second-order valence-corrected chi connectivity index (χ2v) is 5.95. The second-order valence-electron chi connectivity index (χ2n) is 5.95.